The minimum absolute atomic E-state index is 0.0676. The van der Waals surface area contributed by atoms with Crippen LogP contribution in [0, 0.1) is 39.9 Å². The molecule has 1 aromatic rings. The fraction of sp³-hybridized carbons (Fsp3) is 0.643. The van der Waals surface area contributed by atoms with Crippen LogP contribution in [0.3, 0.4) is 0 Å². The molecule has 0 heterocycles. The van der Waals surface area contributed by atoms with Gasteiger partial charge in [0.05, 0.1) is 25.2 Å². The Hall–Kier alpha value is -2.12. The first kappa shape index (κ1) is 20.5. The van der Waals surface area contributed by atoms with Gasteiger partial charge in [0.25, 0.3) is 0 Å². The molecule has 1 spiro atoms. The van der Waals surface area contributed by atoms with E-state index in [0.29, 0.717) is 35.9 Å². The largest absolute Gasteiger partial charge is 0.497 e. The van der Waals surface area contributed by atoms with Gasteiger partial charge in [-0.05, 0) is 103 Å². The van der Waals surface area contributed by atoms with Crippen LogP contribution in [0.2, 0.25) is 0 Å². The molecule has 0 bridgehead atoms. The number of nitrogens with zero attached hydrogens (tertiary/aromatic N) is 1. The Bertz CT molecular complexity index is 1070. The minimum Gasteiger partial charge on any atom is -0.497 e. The molecule has 0 radical (unpaired) electrons. The molecule has 5 aliphatic rings. The summed E-state index contributed by atoms with van der Waals surface area (Å²) in [5.74, 6) is 3.08. The van der Waals surface area contributed by atoms with E-state index < -0.39 is 5.60 Å². The first-order valence-electron chi connectivity index (χ1n) is 12.4. The second-order valence-electron chi connectivity index (χ2n) is 11.5. The van der Waals surface area contributed by atoms with Crippen LogP contribution < -0.4 is 4.74 Å². The van der Waals surface area contributed by atoms with Crippen LogP contribution in [-0.4, -0.2) is 23.6 Å². The molecule has 0 saturated heterocycles. The Balaban J connectivity index is 1.55. The third-order valence-electron chi connectivity index (χ3n) is 10.6. The molecule has 4 heteroatoms. The van der Waals surface area contributed by atoms with E-state index in [1.165, 1.54) is 16.7 Å². The van der Waals surface area contributed by atoms with Crippen molar-refractivity contribution in [3.8, 4) is 11.8 Å². The number of hydrogen-bond acceptors (Lipinski definition) is 4. The number of rotatable bonds is 2. The predicted octanol–water partition coefficient (Wildman–Crippen LogP) is 5.10. The van der Waals surface area contributed by atoms with E-state index in [1.807, 2.05) is 6.08 Å². The Morgan fingerprint density at radius 2 is 2.09 bits per heavy atom. The summed E-state index contributed by atoms with van der Waals surface area (Å²) in [6.45, 7) is 2.28. The van der Waals surface area contributed by atoms with E-state index in [4.69, 9.17) is 4.74 Å². The van der Waals surface area contributed by atoms with Gasteiger partial charge in [-0.1, -0.05) is 18.6 Å². The van der Waals surface area contributed by atoms with Crippen molar-refractivity contribution >= 4 is 5.78 Å². The van der Waals surface area contributed by atoms with Gasteiger partial charge in [0.1, 0.15) is 5.75 Å². The maximum atomic E-state index is 12.4. The van der Waals surface area contributed by atoms with Gasteiger partial charge in [0.2, 0.25) is 0 Å². The van der Waals surface area contributed by atoms with Gasteiger partial charge in [-0.15, -0.1) is 0 Å². The standard InChI is InChI=1S/C28H33NO3/c1-26-16-23-21-6-4-20(32-2)13-17(21)15-27-9-7-19(30)14-18(27)3-5-22(25(23)27)24(26)8-10-28(26,31)11-12-29/h4,6,13-14,22-25,31H,3,5,7-11,15-16H2,1-2H3/t22-,23+,24-,25+,26-,27+,28+/m0/s1. The van der Waals surface area contributed by atoms with E-state index in [-0.39, 0.29) is 17.3 Å². The first-order chi connectivity index (χ1) is 15.3. The molecule has 3 fully saturated rings. The number of fused-ring (bicyclic) bond motifs is 4. The average Bonchev–Trinajstić information content (AvgIpc) is 3.04. The number of ether oxygens (including phenoxy) is 1. The van der Waals surface area contributed by atoms with Crippen LogP contribution in [0.25, 0.3) is 0 Å². The number of methoxy groups -OCH3 is 1. The molecule has 0 aromatic heterocycles. The number of nitriles is 1. The number of carbonyl (C=O) groups is 1. The molecule has 1 aromatic carbocycles. The first-order valence-corrected chi connectivity index (χ1v) is 12.4. The monoisotopic (exact) mass is 431 g/mol. The highest BCUT2D eigenvalue weighted by Crippen LogP contribution is 2.73. The highest BCUT2D eigenvalue weighted by molar-refractivity contribution is 5.91. The fourth-order valence-electron chi connectivity index (χ4n) is 9.23. The predicted molar refractivity (Wildman–Crippen MR) is 121 cm³/mol. The third kappa shape index (κ3) is 2.44. The zero-order chi connectivity index (χ0) is 22.3. The molecule has 3 saturated carbocycles. The lowest BCUT2D eigenvalue weighted by Crippen LogP contribution is -2.59. The summed E-state index contributed by atoms with van der Waals surface area (Å²) in [7, 11) is 1.72. The molecule has 0 aliphatic heterocycles. The Labute approximate surface area is 190 Å². The van der Waals surface area contributed by atoms with E-state index in [9.17, 15) is 15.2 Å². The Kier molecular flexibility index (Phi) is 4.29. The van der Waals surface area contributed by atoms with Crippen molar-refractivity contribution in [1.82, 2.24) is 0 Å². The highest BCUT2D eigenvalue weighted by atomic mass is 16.5. The summed E-state index contributed by atoms with van der Waals surface area (Å²) in [4.78, 5) is 12.4. The summed E-state index contributed by atoms with van der Waals surface area (Å²) in [5, 5.41) is 21.3. The normalized spacial score (nSPS) is 43.8. The van der Waals surface area contributed by atoms with Gasteiger partial charge < -0.3 is 9.84 Å². The fourth-order valence-corrected chi connectivity index (χ4v) is 9.23. The summed E-state index contributed by atoms with van der Waals surface area (Å²) < 4.78 is 5.58. The van der Waals surface area contributed by atoms with Gasteiger partial charge in [0.15, 0.2) is 5.78 Å². The van der Waals surface area contributed by atoms with Crippen LogP contribution in [0.1, 0.15) is 75.3 Å². The Morgan fingerprint density at radius 3 is 2.88 bits per heavy atom. The summed E-state index contributed by atoms with van der Waals surface area (Å²) in [5.41, 5.74) is 3.09. The minimum atomic E-state index is -0.896. The van der Waals surface area contributed by atoms with Gasteiger partial charge in [-0.2, -0.15) is 5.26 Å². The van der Waals surface area contributed by atoms with E-state index >= 15 is 0 Å². The maximum absolute atomic E-state index is 12.4. The summed E-state index contributed by atoms with van der Waals surface area (Å²) in [6.07, 6.45) is 9.63. The van der Waals surface area contributed by atoms with Crippen molar-refractivity contribution in [3.05, 3.63) is 41.0 Å². The van der Waals surface area contributed by atoms with E-state index in [1.54, 1.807) is 7.11 Å². The number of aliphatic hydroxyl groups is 1. The highest BCUT2D eigenvalue weighted by Gasteiger charge is 2.68. The molecule has 168 valence electrons. The van der Waals surface area contributed by atoms with Crippen LogP contribution in [0.5, 0.6) is 5.75 Å². The number of ketones is 1. The SMILES string of the molecule is COc1ccc2c(c1)C[C@]13CCC(=O)C=C1CC[C@@H]1[C@@H]3[C@@H]2C[C@@]2(C)[C@H]1CC[C@@]2(O)CC#N. The van der Waals surface area contributed by atoms with Crippen molar-refractivity contribution in [2.24, 2.45) is 28.6 Å². The lowest BCUT2D eigenvalue weighted by atomic mass is 9.39. The zero-order valence-corrected chi connectivity index (χ0v) is 19.2. The molecule has 32 heavy (non-hydrogen) atoms. The topological polar surface area (TPSA) is 70.3 Å². The van der Waals surface area contributed by atoms with Crippen LogP contribution in [0.4, 0.5) is 0 Å². The van der Waals surface area contributed by atoms with Gasteiger partial charge in [-0.3, -0.25) is 4.79 Å². The number of allylic oxidation sites excluding steroid dienone is 1. The zero-order valence-electron chi connectivity index (χ0n) is 19.2. The molecule has 4 nitrogen and oxygen atoms in total. The second-order valence-corrected chi connectivity index (χ2v) is 11.5. The number of benzene rings is 1. The molecule has 6 rings (SSSR count). The van der Waals surface area contributed by atoms with Crippen molar-refractivity contribution in [2.45, 2.75) is 76.2 Å². The quantitative estimate of drug-likeness (QED) is 0.707. The smallest absolute Gasteiger partial charge is 0.155 e. The lowest BCUT2D eigenvalue weighted by molar-refractivity contribution is -0.140. The third-order valence-corrected chi connectivity index (χ3v) is 10.6. The summed E-state index contributed by atoms with van der Waals surface area (Å²) >= 11 is 0. The van der Waals surface area contributed by atoms with Crippen LogP contribution in [-0.2, 0) is 11.2 Å². The van der Waals surface area contributed by atoms with Gasteiger partial charge >= 0.3 is 0 Å². The maximum Gasteiger partial charge on any atom is 0.155 e. The van der Waals surface area contributed by atoms with Crippen LogP contribution in [0.15, 0.2) is 29.8 Å². The number of carbonyl (C=O) groups excluding carboxylic acids is 1. The molecule has 5 aliphatic carbocycles. The van der Waals surface area contributed by atoms with Crippen LogP contribution >= 0.6 is 0 Å². The second kappa shape index (κ2) is 6.70. The van der Waals surface area contributed by atoms with Gasteiger partial charge in [-0.25, -0.2) is 0 Å². The van der Waals surface area contributed by atoms with Crippen molar-refractivity contribution in [1.29, 1.82) is 5.26 Å². The van der Waals surface area contributed by atoms with Crippen molar-refractivity contribution in [2.75, 3.05) is 7.11 Å². The Morgan fingerprint density at radius 1 is 1.25 bits per heavy atom. The van der Waals surface area contributed by atoms with E-state index in [0.717, 1.165) is 50.7 Å². The van der Waals surface area contributed by atoms with Gasteiger partial charge in [0, 0.05) is 11.8 Å². The molecule has 0 unspecified atom stereocenters. The average molecular weight is 432 g/mol. The molecular weight excluding hydrogens is 398 g/mol. The van der Waals surface area contributed by atoms with E-state index in [2.05, 4.69) is 31.2 Å². The molecule has 1 N–H and O–H groups in total. The van der Waals surface area contributed by atoms with Crippen molar-refractivity contribution < 1.29 is 14.6 Å². The number of hydrogen-bond donors (Lipinski definition) is 1. The molecular formula is C28H33NO3. The molecule has 7 atom stereocenters. The van der Waals surface area contributed by atoms with Crippen molar-refractivity contribution in [3.63, 3.8) is 0 Å². The lowest BCUT2D eigenvalue weighted by Gasteiger charge is -2.65. The molecule has 0 amide bonds. The summed E-state index contributed by atoms with van der Waals surface area (Å²) in [6, 6.07) is 8.86.